The molecule has 9 heteroatoms. The van der Waals surface area contributed by atoms with Gasteiger partial charge in [-0.25, -0.2) is 8.42 Å². The van der Waals surface area contributed by atoms with Gasteiger partial charge in [0.1, 0.15) is 4.90 Å². The molecule has 1 saturated heterocycles. The number of hydrogen-bond donors (Lipinski definition) is 1. The number of sulfonamides is 1. The lowest BCUT2D eigenvalue weighted by molar-refractivity contribution is -0.137. The normalized spacial score (nSPS) is 17.5. The van der Waals surface area contributed by atoms with Crippen LogP contribution in [0.25, 0.3) is 0 Å². The van der Waals surface area contributed by atoms with E-state index in [9.17, 15) is 13.2 Å². The molecule has 0 amide bonds. The number of rotatable bonds is 5. The van der Waals surface area contributed by atoms with E-state index in [1.807, 2.05) is 4.90 Å². The lowest BCUT2D eigenvalue weighted by atomic mass is 10.3. The quantitative estimate of drug-likeness (QED) is 0.858. The van der Waals surface area contributed by atoms with E-state index >= 15 is 0 Å². The molecule has 22 heavy (non-hydrogen) atoms. The highest BCUT2D eigenvalue weighted by Crippen LogP contribution is 2.28. The van der Waals surface area contributed by atoms with E-state index in [1.54, 1.807) is 0 Å². The molecule has 1 aliphatic heterocycles. The second-order valence-electron chi connectivity index (χ2n) is 4.96. The Hall–Kier alpha value is -0.860. The molecule has 0 unspecified atom stereocenters. The first-order chi connectivity index (χ1) is 10.3. The molecule has 1 heterocycles. The summed E-state index contributed by atoms with van der Waals surface area (Å²) in [5, 5.41) is 9.12. The minimum Gasteiger partial charge on any atom is -0.481 e. The zero-order valence-corrected chi connectivity index (χ0v) is 14.0. The Morgan fingerprint density at radius 1 is 1.18 bits per heavy atom. The first-order valence-electron chi connectivity index (χ1n) is 6.70. The number of aliphatic carboxylic acids is 1. The van der Waals surface area contributed by atoms with Gasteiger partial charge >= 0.3 is 5.97 Å². The van der Waals surface area contributed by atoms with Gasteiger partial charge in [0, 0.05) is 37.7 Å². The molecule has 0 atom stereocenters. The Bertz CT molecular complexity index is 658. The van der Waals surface area contributed by atoms with Crippen LogP contribution in [0, 0.1) is 0 Å². The molecule has 0 aromatic heterocycles. The van der Waals surface area contributed by atoms with Crippen molar-refractivity contribution < 1.29 is 18.3 Å². The van der Waals surface area contributed by atoms with E-state index in [2.05, 4.69) is 0 Å². The largest absolute Gasteiger partial charge is 0.481 e. The standard InChI is InChI=1S/C13H16Cl2N2O4S/c14-10-1-2-11(15)12(9-10)22(20,21)17-7-5-16(6-8-17)4-3-13(18)19/h1-2,9H,3-8H2,(H,18,19). The van der Waals surface area contributed by atoms with Crippen molar-refractivity contribution in [1.82, 2.24) is 9.21 Å². The number of halogens is 2. The van der Waals surface area contributed by atoms with Crippen LogP contribution in [0.5, 0.6) is 0 Å². The zero-order chi connectivity index (χ0) is 16.3. The highest BCUT2D eigenvalue weighted by molar-refractivity contribution is 7.89. The fraction of sp³-hybridized carbons (Fsp3) is 0.462. The van der Waals surface area contributed by atoms with Crippen LogP contribution < -0.4 is 0 Å². The van der Waals surface area contributed by atoms with E-state index < -0.39 is 16.0 Å². The number of hydrogen-bond acceptors (Lipinski definition) is 4. The molecule has 2 rings (SSSR count). The maximum atomic E-state index is 12.6. The molecule has 1 N–H and O–H groups in total. The fourth-order valence-corrected chi connectivity index (χ4v) is 4.42. The summed E-state index contributed by atoms with van der Waals surface area (Å²) in [6, 6.07) is 4.34. The van der Waals surface area contributed by atoms with Crippen LogP contribution in [0.2, 0.25) is 10.0 Å². The second kappa shape index (κ2) is 7.14. The maximum Gasteiger partial charge on any atom is 0.304 e. The molecule has 0 bridgehead atoms. The highest BCUT2D eigenvalue weighted by Gasteiger charge is 2.30. The van der Waals surface area contributed by atoms with Gasteiger partial charge in [0.25, 0.3) is 0 Å². The summed E-state index contributed by atoms with van der Waals surface area (Å²) in [5.41, 5.74) is 0. The molecule has 1 aromatic carbocycles. The van der Waals surface area contributed by atoms with Crippen LogP contribution >= 0.6 is 23.2 Å². The summed E-state index contributed by atoms with van der Waals surface area (Å²) < 4.78 is 26.6. The Morgan fingerprint density at radius 2 is 1.82 bits per heavy atom. The van der Waals surface area contributed by atoms with Crippen molar-refractivity contribution in [3.63, 3.8) is 0 Å². The van der Waals surface area contributed by atoms with Gasteiger partial charge in [-0.2, -0.15) is 4.31 Å². The third kappa shape index (κ3) is 4.11. The number of carboxylic acid groups (broad SMARTS) is 1. The van der Waals surface area contributed by atoms with Crippen molar-refractivity contribution in [2.45, 2.75) is 11.3 Å². The molecule has 1 fully saturated rings. The smallest absolute Gasteiger partial charge is 0.304 e. The van der Waals surface area contributed by atoms with E-state index in [1.165, 1.54) is 22.5 Å². The molecule has 1 aromatic rings. The summed E-state index contributed by atoms with van der Waals surface area (Å²) in [6.45, 7) is 1.99. The van der Waals surface area contributed by atoms with Gasteiger partial charge in [0.05, 0.1) is 11.4 Å². The zero-order valence-electron chi connectivity index (χ0n) is 11.7. The predicted molar refractivity (Wildman–Crippen MR) is 83.9 cm³/mol. The fourth-order valence-electron chi connectivity index (χ4n) is 2.26. The number of carbonyl (C=O) groups is 1. The van der Waals surface area contributed by atoms with Gasteiger partial charge in [-0.15, -0.1) is 0 Å². The lowest BCUT2D eigenvalue weighted by Crippen LogP contribution is -2.49. The third-order valence-corrected chi connectivity index (χ3v) is 6.10. The van der Waals surface area contributed by atoms with Crippen molar-refractivity contribution in [2.75, 3.05) is 32.7 Å². The monoisotopic (exact) mass is 366 g/mol. The Labute approximate surface area is 139 Å². The molecule has 0 saturated carbocycles. The number of nitrogens with zero attached hydrogens (tertiary/aromatic N) is 2. The maximum absolute atomic E-state index is 12.6. The van der Waals surface area contributed by atoms with Crippen molar-refractivity contribution in [2.24, 2.45) is 0 Å². The molecule has 6 nitrogen and oxygen atoms in total. The third-order valence-electron chi connectivity index (χ3n) is 3.48. The van der Waals surface area contributed by atoms with Crippen LogP contribution in [-0.4, -0.2) is 61.4 Å². The molecule has 0 spiro atoms. The lowest BCUT2D eigenvalue weighted by Gasteiger charge is -2.33. The number of carboxylic acids is 1. The summed E-state index contributed by atoms with van der Waals surface area (Å²) in [6.07, 6.45) is 0.0485. The summed E-state index contributed by atoms with van der Waals surface area (Å²) >= 11 is 11.8. The van der Waals surface area contributed by atoms with Crippen LogP contribution in [-0.2, 0) is 14.8 Å². The van der Waals surface area contributed by atoms with Gasteiger partial charge in [-0.1, -0.05) is 23.2 Å². The Kier molecular flexibility index (Phi) is 5.68. The molecule has 1 aliphatic rings. The Balaban J connectivity index is 2.06. The molecule has 0 aliphatic carbocycles. The molecule has 0 radical (unpaired) electrons. The molecular weight excluding hydrogens is 351 g/mol. The predicted octanol–water partition coefficient (Wildman–Crippen LogP) is 1.77. The minimum absolute atomic E-state index is 0.000604. The van der Waals surface area contributed by atoms with Crippen molar-refractivity contribution in [3.05, 3.63) is 28.2 Å². The van der Waals surface area contributed by atoms with Gasteiger partial charge < -0.3 is 10.0 Å². The van der Waals surface area contributed by atoms with Crippen LogP contribution in [0.3, 0.4) is 0 Å². The van der Waals surface area contributed by atoms with E-state index in [4.69, 9.17) is 28.3 Å². The van der Waals surface area contributed by atoms with Gasteiger partial charge in [-0.05, 0) is 18.2 Å². The average molecular weight is 367 g/mol. The van der Waals surface area contributed by atoms with Crippen LogP contribution in [0.4, 0.5) is 0 Å². The first-order valence-corrected chi connectivity index (χ1v) is 8.89. The Morgan fingerprint density at radius 3 is 2.41 bits per heavy atom. The second-order valence-corrected chi connectivity index (χ2v) is 7.71. The van der Waals surface area contributed by atoms with Crippen molar-refractivity contribution >= 4 is 39.2 Å². The van der Waals surface area contributed by atoms with Crippen molar-refractivity contribution in [3.8, 4) is 0 Å². The van der Waals surface area contributed by atoms with E-state index in [0.717, 1.165) is 0 Å². The summed E-state index contributed by atoms with van der Waals surface area (Å²) in [5.74, 6) is -0.860. The van der Waals surface area contributed by atoms with Crippen LogP contribution in [0.1, 0.15) is 6.42 Å². The summed E-state index contributed by atoms with van der Waals surface area (Å²) in [7, 11) is -3.70. The highest BCUT2D eigenvalue weighted by atomic mass is 35.5. The average Bonchev–Trinajstić information content (AvgIpc) is 2.48. The van der Waals surface area contributed by atoms with Gasteiger partial charge in [0.15, 0.2) is 0 Å². The number of piperazine rings is 1. The van der Waals surface area contributed by atoms with E-state index in [-0.39, 0.29) is 16.3 Å². The van der Waals surface area contributed by atoms with Gasteiger partial charge in [-0.3, -0.25) is 4.79 Å². The van der Waals surface area contributed by atoms with E-state index in [0.29, 0.717) is 37.7 Å². The SMILES string of the molecule is O=C(O)CCN1CCN(S(=O)(=O)c2cc(Cl)ccc2Cl)CC1. The van der Waals surface area contributed by atoms with Crippen LogP contribution in [0.15, 0.2) is 23.1 Å². The number of benzene rings is 1. The molecule has 122 valence electrons. The van der Waals surface area contributed by atoms with Gasteiger partial charge in [0.2, 0.25) is 10.0 Å². The topological polar surface area (TPSA) is 77.9 Å². The minimum atomic E-state index is -3.70. The first kappa shape index (κ1) is 17.5. The summed E-state index contributed by atoms with van der Waals surface area (Å²) in [4.78, 5) is 12.5. The molecular formula is C13H16Cl2N2O4S. The van der Waals surface area contributed by atoms with Crippen molar-refractivity contribution in [1.29, 1.82) is 0 Å².